The molecule has 0 radical (unpaired) electrons. The molecule has 0 aliphatic carbocycles. The molecule has 2 rings (SSSR count). The molecule has 2 heterocycles. The highest BCUT2D eigenvalue weighted by atomic mass is 16.3. The Morgan fingerprint density at radius 2 is 2.17 bits per heavy atom. The molecule has 2 aromatic rings. The van der Waals surface area contributed by atoms with Crippen LogP contribution < -0.4 is 5.32 Å². The summed E-state index contributed by atoms with van der Waals surface area (Å²) in [6.45, 7) is 8.18. The Hall–Kier alpha value is -1.55. The first-order chi connectivity index (χ1) is 8.56. The summed E-state index contributed by atoms with van der Waals surface area (Å²) in [6.07, 6.45) is 2.04. The van der Waals surface area contributed by atoms with Crippen LogP contribution in [-0.4, -0.2) is 16.3 Å². The van der Waals surface area contributed by atoms with E-state index in [4.69, 9.17) is 4.42 Å². The molecule has 18 heavy (non-hydrogen) atoms. The number of aryl methyl sites for hydroxylation is 2. The second kappa shape index (κ2) is 5.40. The lowest BCUT2D eigenvalue weighted by atomic mass is 10.2. The Labute approximate surface area is 108 Å². The van der Waals surface area contributed by atoms with Crippen LogP contribution in [0.15, 0.2) is 22.7 Å². The summed E-state index contributed by atoms with van der Waals surface area (Å²) < 4.78 is 7.48. The van der Waals surface area contributed by atoms with Crippen molar-refractivity contribution in [1.82, 2.24) is 15.1 Å². The zero-order valence-corrected chi connectivity index (χ0v) is 11.5. The summed E-state index contributed by atoms with van der Waals surface area (Å²) in [4.78, 5) is 0. The van der Waals surface area contributed by atoms with Crippen LogP contribution in [0.5, 0.6) is 0 Å². The first-order valence-corrected chi connectivity index (χ1v) is 6.36. The third-order valence-corrected chi connectivity index (χ3v) is 2.75. The number of furan rings is 1. The molecule has 2 aromatic heterocycles. The van der Waals surface area contributed by atoms with Crippen LogP contribution in [-0.2, 0) is 13.6 Å². The van der Waals surface area contributed by atoms with Crippen molar-refractivity contribution < 1.29 is 4.42 Å². The van der Waals surface area contributed by atoms with Crippen molar-refractivity contribution in [3.63, 3.8) is 0 Å². The van der Waals surface area contributed by atoms with E-state index in [-0.39, 0.29) is 0 Å². The molecular formula is C14H21N3O. The van der Waals surface area contributed by atoms with E-state index < -0.39 is 0 Å². The summed E-state index contributed by atoms with van der Waals surface area (Å²) in [6, 6.07) is 3.94. The summed E-state index contributed by atoms with van der Waals surface area (Å²) in [5.74, 6) is 2.40. The second-order valence-corrected chi connectivity index (χ2v) is 5.11. The maximum absolute atomic E-state index is 5.65. The zero-order chi connectivity index (χ0) is 13.1. The highest BCUT2D eigenvalue weighted by molar-refractivity contribution is 5.56. The van der Waals surface area contributed by atoms with Crippen LogP contribution in [0.4, 0.5) is 0 Å². The van der Waals surface area contributed by atoms with Gasteiger partial charge in [-0.1, -0.05) is 13.8 Å². The Morgan fingerprint density at radius 1 is 1.39 bits per heavy atom. The number of hydrogen-bond acceptors (Lipinski definition) is 3. The predicted molar refractivity (Wildman–Crippen MR) is 72.2 cm³/mol. The molecule has 98 valence electrons. The van der Waals surface area contributed by atoms with Crippen molar-refractivity contribution in [2.45, 2.75) is 27.3 Å². The van der Waals surface area contributed by atoms with Gasteiger partial charge in [-0.3, -0.25) is 4.68 Å². The predicted octanol–water partition coefficient (Wildman–Crippen LogP) is 2.73. The van der Waals surface area contributed by atoms with Gasteiger partial charge in [0.25, 0.3) is 0 Å². The maximum atomic E-state index is 5.65. The molecule has 4 nitrogen and oxygen atoms in total. The molecule has 0 bridgehead atoms. The number of nitrogens with one attached hydrogen (secondary N) is 1. The van der Waals surface area contributed by atoms with Gasteiger partial charge in [0.2, 0.25) is 0 Å². The van der Waals surface area contributed by atoms with Crippen molar-refractivity contribution in [3.8, 4) is 11.5 Å². The van der Waals surface area contributed by atoms with Crippen molar-refractivity contribution in [1.29, 1.82) is 0 Å². The molecule has 0 aliphatic rings. The Morgan fingerprint density at radius 3 is 2.78 bits per heavy atom. The highest BCUT2D eigenvalue weighted by Crippen LogP contribution is 2.23. The largest absolute Gasteiger partial charge is 0.460 e. The van der Waals surface area contributed by atoms with Crippen molar-refractivity contribution in [3.05, 3.63) is 29.7 Å². The topological polar surface area (TPSA) is 43.0 Å². The molecule has 0 amide bonds. The highest BCUT2D eigenvalue weighted by Gasteiger charge is 2.13. The third-order valence-electron chi connectivity index (χ3n) is 2.75. The van der Waals surface area contributed by atoms with Gasteiger partial charge < -0.3 is 9.73 Å². The van der Waals surface area contributed by atoms with E-state index in [0.717, 1.165) is 30.3 Å². The molecular weight excluding hydrogens is 226 g/mol. The van der Waals surface area contributed by atoms with Gasteiger partial charge in [-0.15, -0.1) is 0 Å². The molecule has 0 saturated carbocycles. The Balaban J connectivity index is 2.15. The fourth-order valence-electron chi connectivity index (χ4n) is 1.93. The van der Waals surface area contributed by atoms with E-state index in [1.807, 2.05) is 37.0 Å². The van der Waals surface area contributed by atoms with E-state index >= 15 is 0 Å². The number of aromatic nitrogens is 2. The fraction of sp³-hybridized carbons (Fsp3) is 0.500. The van der Waals surface area contributed by atoms with Gasteiger partial charge in [0.05, 0.1) is 0 Å². The van der Waals surface area contributed by atoms with Gasteiger partial charge in [-0.25, -0.2) is 0 Å². The quantitative estimate of drug-likeness (QED) is 0.883. The normalized spacial score (nSPS) is 11.4. The summed E-state index contributed by atoms with van der Waals surface area (Å²) >= 11 is 0. The van der Waals surface area contributed by atoms with Crippen molar-refractivity contribution in [2.75, 3.05) is 6.54 Å². The van der Waals surface area contributed by atoms with Gasteiger partial charge >= 0.3 is 0 Å². The first-order valence-electron chi connectivity index (χ1n) is 6.36. The molecule has 0 saturated heterocycles. The molecule has 4 heteroatoms. The van der Waals surface area contributed by atoms with Crippen molar-refractivity contribution >= 4 is 0 Å². The molecule has 0 aliphatic heterocycles. The molecule has 0 unspecified atom stereocenters. The molecule has 0 atom stereocenters. The maximum Gasteiger partial charge on any atom is 0.154 e. The lowest BCUT2D eigenvalue weighted by Crippen LogP contribution is -2.19. The van der Waals surface area contributed by atoms with Crippen LogP contribution in [0.2, 0.25) is 0 Å². The zero-order valence-electron chi connectivity index (χ0n) is 11.5. The lowest BCUT2D eigenvalue weighted by molar-refractivity contribution is 0.540. The molecule has 0 aromatic carbocycles. The lowest BCUT2D eigenvalue weighted by Gasteiger charge is -2.06. The van der Waals surface area contributed by atoms with Gasteiger partial charge in [-0.05, 0) is 31.5 Å². The SMILES string of the molecule is Cc1ccc(-c2nn(C)cc2CNCC(C)C)o1. The minimum Gasteiger partial charge on any atom is -0.460 e. The fourth-order valence-corrected chi connectivity index (χ4v) is 1.93. The second-order valence-electron chi connectivity index (χ2n) is 5.11. The summed E-state index contributed by atoms with van der Waals surface area (Å²) in [5.41, 5.74) is 2.11. The monoisotopic (exact) mass is 247 g/mol. The minimum absolute atomic E-state index is 0.649. The molecule has 0 spiro atoms. The van der Waals surface area contributed by atoms with E-state index in [0.29, 0.717) is 5.92 Å². The van der Waals surface area contributed by atoms with Crippen LogP contribution >= 0.6 is 0 Å². The van der Waals surface area contributed by atoms with E-state index in [1.165, 1.54) is 5.56 Å². The number of rotatable bonds is 5. The first kappa shape index (κ1) is 12.9. The van der Waals surface area contributed by atoms with E-state index in [1.54, 1.807) is 0 Å². The van der Waals surface area contributed by atoms with Gasteiger partial charge in [0.15, 0.2) is 5.76 Å². The van der Waals surface area contributed by atoms with E-state index in [9.17, 15) is 0 Å². The van der Waals surface area contributed by atoms with Crippen LogP contribution in [0.3, 0.4) is 0 Å². The Kier molecular flexibility index (Phi) is 3.87. The van der Waals surface area contributed by atoms with Gasteiger partial charge in [0.1, 0.15) is 11.5 Å². The van der Waals surface area contributed by atoms with Crippen LogP contribution in [0, 0.1) is 12.8 Å². The summed E-state index contributed by atoms with van der Waals surface area (Å²) in [5, 5.41) is 7.91. The summed E-state index contributed by atoms with van der Waals surface area (Å²) in [7, 11) is 1.94. The van der Waals surface area contributed by atoms with Crippen LogP contribution in [0.1, 0.15) is 25.2 Å². The van der Waals surface area contributed by atoms with Crippen LogP contribution in [0.25, 0.3) is 11.5 Å². The minimum atomic E-state index is 0.649. The average molecular weight is 247 g/mol. The standard InChI is InChI=1S/C14H21N3O/c1-10(2)7-15-8-12-9-17(4)16-14(12)13-6-5-11(3)18-13/h5-6,9-10,15H,7-8H2,1-4H3. The molecule has 1 N–H and O–H groups in total. The third kappa shape index (κ3) is 3.01. The van der Waals surface area contributed by atoms with E-state index in [2.05, 4.69) is 24.3 Å². The van der Waals surface area contributed by atoms with Gasteiger partial charge in [-0.2, -0.15) is 5.10 Å². The van der Waals surface area contributed by atoms with Gasteiger partial charge in [0, 0.05) is 25.4 Å². The van der Waals surface area contributed by atoms with Crippen molar-refractivity contribution in [2.24, 2.45) is 13.0 Å². The average Bonchev–Trinajstić information content (AvgIpc) is 2.84. The Bertz CT molecular complexity index is 511. The molecule has 0 fully saturated rings. The number of nitrogens with zero attached hydrogens (tertiary/aromatic N) is 2. The smallest absolute Gasteiger partial charge is 0.154 e. The number of hydrogen-bond donors (Lipinski definition) is 1.